The van der Waals surface area contributed by atoms with Crippen LogP contribution >= 0.6 is 0 Å². The summed E-state index contributed by atoms with van der Waals surface area (Å²) in [5.41, 5.74) is 1.63. The maximum absolute atomic E-state index is 11.9. The molecule has 1 aromatic heterocycles. The van der Waals surface area contributed by atoms with Crippen molar-refractivity contribution in [2.45, 2.75) is 18.4 Å². The molecule has 0 aliphatic heterocycles. The highest BCUT2D eigenvalue weighted by atomic mass is 32.2. The fraction of sp³-hybridized carbons (Fsp3) is 0.250. The highest BCUT2D eigenvalue weighted by Gasteiger charge is 2.14. The number of aromatic nitrogens is 2. The molecule has 19 heavy (non-hydrogen) atoms. The van der Waals surface area contributed by atoms with Gasteiger partial charge in [-0.05, 0) is 24.2 Å². The first-order valence-electron chi connectivity index (χ1n) is 5.93. The van der Waals surface area contributed by atoms with Gasteiger partial charge in [0.15, 0.2) is 0 Å². The average Bonchev–Trinajstić information content (AvgIpc) is 2.92. The van der Waals surface area contributed by atoms with E-state index in [1.165, 1.54) is 12.4 Å². The average molecular weight is 280 g/mol. The van der Waals surface area contributed by atoms with Crippen LogP contribution < -0.4 is 10.0 Å². The van der Waals surface area contributed by atoms with Crippen molar-refractivity contribution in [3.05, 3.63) is 42.2 Å². The largest absolute Gasteiger partial charge is 0.313 e. The standard InChI is InChI=1S/C12H16N4O2S/c1-2-13-7-10-3-5-11(6-4-10)16-19(17,18)12-8-14-15-9-12/h3-6,8-9,13,16H,2,7H2,1H3,(H,14,15). The molecular weight excluding hydrogens is 264 g/mol. The third kappa shape index (κ3) is 3.55. The van der Waals surface area contributed by atoms with Crippen LogP contribution in [0.3, 0.4) is 0 Å². The van der Waals surface area contributed by atoms with E-state index in [1.54, 1.807) is 12.1 Å². The van der Waals surface area contributed by atoms with Gasteiger partial charge in [0, 0.05) is 18.4 Å². The van der Waals surface area contributed by atoms with Gasteiger partial charge in [-0.2, -0.15) is 5.10 Å². The molecular formula is C12H16N4O2S. The van der Waals surface area contributed by atoms with Gasteiger partial charge in [0.25, 0.3) is 10.0 Å². The van der Waals surface area contributed by atoms with E-state index in [1.807, 2.05) is 19.1 Å². The molecule has 7 heteroatoms. The highest BCUT2D eigenvalue weighted by molar-refractivity contribution is 7.92. The molecule has 0 bridgehead atoms. The summed E-state index contributed by atoms with van der Waals surface area (Å²) in [6.45, 7) is 3.70. The Kier molecular flexibility index (Phi) is 4.18. The maximum atomic E-state index is 11.9. The van der Waals surface area contributed by atoms with Crippen LogP contribution in [0, 0.1) is 0 Å². The van der Waals surface area contributed by atoms with E-state index in [9.17, 15) is 8.42 Å². The minimum Gasteiger partial charge on any atom is -0.313 e. The number of rotatable bonds is 6. The van der Waals surface area contributed by atoms with Gasteiger partial charge in [-0.15, -0.1) is 0 Å². The molecule has 2 rings (SSSR count). The molecule has 1 aromatic carbocycles. The minimum absolute atomic E-state index is 0.115. The first-order valence-corrected chi connectivity index (χ1v) is 7.41. The number of hydrogen-bond acceptors (Lipinski definition) is 4. The van der Waals surface area contributed by atoms with E-state index in [0.29, 0.717) is 5.69 Å². The molecule has 0 radical (unpaired) electrons. The number of aromatic amines is 1. The van der Waals surface area contributed by atoms with Crippen LogP contribution in [0.5, 0.6) is 0 Å². The number of H-pyrrole nitrogens is 1. The van der Waals surface area contributed by atoms with Gasteiger partial charge in [-0.1, -0.05) is 19.1 Å². The summed E-state index contributed by atoms with van der Waals surface area (Å²) in [6, 6.07) is 7.25. The Morgan fingerprint density at radius 2 is 2.00 bits per heavy atom. The van der Waals surface area contributed by atoms with Gasteiger partial charge in [0.1, 0.15) is 4.90 Å². The summed E-state index contributed by atoms with van der Waals surface area (Å²) < 4.78 is 26.4. The predicted molar refractivity (Wildman–Crippen MR) is 73.2 cm³/mol. The Hall–Kier alpha value is -1.86. The molecule has 102 valence electrons. The third-order valence-electron chi connectivity index (χ3n) is 2.57. The second-order valence-corrected chi connectivity index (χ2v) is 5.70. The van der Waals surface area contributed by atoms with Crippen LogP contribution in [0.2, 0.25) is 0 Å². The van der Waals surface area contributed by atoms with Crippen molar-refractivity contribution in [2.24, 2.45) is 0 Å². The molecule has 2 aromatic rings. The van der Waals surface area contributed by atoms with E-state index >= 15 is 0 Å². The second-order valence-electron chi connectivity index (χ2n) is 4.02. The number of sulfonamides is 1. The normalized spacial score (nSPS) is 11.4. The maximum Gasteiger partial charge on any atom is 0.265 e. The van der Waals surface area contributed by atoms with Gasteiger partial charge in [0.05, 0.1) is 6.20 Å². The molecule has 0 saturated carbocycles. The van der Waals surface area contributed by atoms with Gasteiger partial charge >= 0.3 is 0 Å². The molecule has 0 atom stereocenters. The summed E-state index contributed by atoms with van der Waals surface area (Å²) in [5, 5.41) is 9.31. The zero-order valence-corrected chi connectivity index (χ0v) is 11.4. The van der Waals surface area contributed by atoms with Crippen LogP contribution in [-0.4, -0.2) is 25.2 Å². The van der Waals surface area contributed by atoms with Crippen molar-refractivity contribution < 1.29 is 8.42 Å². The number of nitrogens with one attached hydrogen (secondary N) is 3. The van der Waals surface area contributed by atoms with Crippen LogP contribution in [0.1, 0.15) is 12.5 Å². The number of benzene rings is 1. The Labute approximate surface area is 112 Å². The smallest absolute Gasteiger partial charge is 0.265 e. The van der Waals surface area contributed by atoms with Gasteiger partial charge < -0.3 is 5.32 Å². The number of hydrogen-bond donors (Lipinski definition) is 3. The topological polar surface area (TPSA) is 86.9 Å². The fourth-order valence-electron chi connectivity index (χ4n) is 1.56. The SMILES string of the molecule is CCNCc1ccc(NS(=O)(=O)c2cn[nH]c2)cc1. The monoisotopic (exact) mass is 280 g/mol. The molecule has 0 aliphatic carbocycles. The zero-order chi connectivity index (χ0) is 13.7. The van der Waals surface area contributed by atoms with Crippen molar-refractivity contribution in [1.82, 2.24) is 15.5 Å². The van der Waals surface area contributed by atoms with E-state index in [0.717, 1.165) is 18.7 Å². The van der Waals surface area contributed by atoms with Crippen molar-refractivity contribution in [2.75, 3.05) is 11.3 Å². The van der Waals surface area contributed by atoms with Crippen molar-refractivity contribution in [1.29, 1.82) is 0 Å². The summed E-state index contributed by atoms with van der Waals surface area (Å²) in [5.74, 6) is 0. The third-order valence-corrected chi connectivity index (χ3v) is 3.92. The number of anilines is 1. The number of nitrogens with zero attached hydrogens (tertiary/aromatic N) is 1. The van der Waals surface area contributed by atoms with Gasteiger partial charge in [0.2, 0.25) is 0 Å². The van der Waals surface area contributed by atoms with E-state index in [4.69, 9.17) is 0 Å². The fourth-order valence-corrected chi connectivity index (χ4v) is 2.52. The minimum atomic E-state index is -3.56. The zero-order valence-electron chi connectivity index (χ0n) is 10.6. The first-order chi connectivity index (χ1) is 9.12. The molecule has 3 N–H and O–H groups in total. The van der Waals surface area contributed by atoms with Crippen molar-refractivity contribution in [3.63, 3.8) is 0 Å². The molecule has 6 nitrogen and oxygen atoms in total. The molecule has 1 heterocycles. The highest BCUT2D eigenvalue weighted by Crippen LogP contribution is 2.15. The second kappa shape index (κ2) is 5.85. The lowest BCUT2D eigenvalue weighted by molar-refractivity contribution is 0.601. The molecule has 0 fully saturated rings. The predicted octanol–water partition coefficient (Wildman–Crippen LogP) is 1.32. The Balaban J connectivity index is 2.07. The van der Waals surface area contributed by atoms with E-state index < -0.39 is 10.0 Å². The lowest BCUT2D eigenvalue weighted by atomic mass is 10.2. The van der Waals surface area contributed by atoms with Crippen LogP contribution in [0.4, 0.5) is 5.69 Å². The van der Waals surface area contributed by atoms with E-state index in [-0.39, 0.29) is 4.90 Å². The van der Waals surface area contributed by atoms with E-state index in [2.05, 4.69) is 20.2 Å². The Morgan fingerprint density at radius 3 is 2.58 bits per heavy atom. The van der Waals surface area contributed by atoms with Crippen molar-refractivity contribution >= 4 is 15.7 Å². The summed E-state index contributed by atoms with van der Waals surface area (Å²) in [7, 11) is -3.56. The lowest BCUT2D eigenvalue weighted by Crippen LogP contribution is -2.13. The van der Waals surface area contributed by atoms with Crippen molar-refractivity contribution in [3.8, 4) is 0 Å². The lowest BCUT2D eigenvalue weighted by Gasteiger charge is -2.07. The van der Waals surface area contributed by atoms with Crippen LogP contribution in [0.25, 0.3) is 0 Å². The van der Waals surface area contributed by atoms with Crippen LogP contribution in [0.15, 0.2) is 41.6 Å². The molecule has 0 spiro atoms. The molecule has 0 amide bonds. The molecule has 0 saturated heterocycles. The first kappa shape index (κ1) is 13.6. The summed E-state index contributed by atoms with van der Waals surface area (Å²) in [6.07, 6.45) is 2.60. The van der Waals surface area contributed by atoms with Gasteiger partial charge in [-0.3, -0.25) is 9.82 Å². The molecule has 0 aliphatic rings. The summed E-state index contributed by atoms with van der Waals surface area (Å²) >= 11 is 0. The molecule has 0 unspecified atom stereocenters. The Morgan fingerprint density at radius 1 is 1.26 bits per heavy atom. The van der Waals surface area contributed by atoms with Gasteiger partial charge in [-0.25, -0.2) is 8.42 Å². The van der Waals surface area contributed by atoms with Crippen LogP contribution in [-0.2, 0) is 16.6 Å². The summed E-state index contributed by atoms with van der Waals surface area (Å²) in [4.78, 5) is 0.115. The Bertz CT molecular complexity index is 606. The quantitative estimate of drug-likeness (QED) is 0.745.